The van der Waals surface area contributed by atoms with Crippen molar-refractivity contribution in [2.24, 2.45) is 0 Å². The van der Waals surface area contributed by atoms with E-state index in [-0.39, 0.29) is 0 Å². The third kappa shape index (κ3) is 1.93. The molecule has 0 atom stereocenters. The van der Waals surface area contributed by atoms with E-state index in [0.717, 1.165) is 11.2 Å². The third-order valence-corrected chi connectivity index (χ3v) is 8.91. The molecular formula is C26H13N3S2. The SMILES string of the molecule is c1ccc2c(c1)sc1c2ccc2c3ccc4c(c5cccnc5c5nccn45)c3sc21. The lowest BCUT2D eigenvalue weighted by atomic mass is 10.0. The maximum Gasteiger partial charge on any atom is 0.163 e. The predicted octanol–water partition coefficient (Wildman–Crippen LogP) is 7.77. The van der Waals surface area contributed by atoms with Crippen molar-refractivity contribution >= 4 is 90.5 Å². The molecule has 5 aromatic heterocycles. The van der Waals surface area contributed by atoms with Crippen LogP contribution in [0.4, 0.5) is 0 Å². The Kier molecular flexibility index (Phi) is 2.91. The van der Waals surface area contributed by atoms with E-state index in [1.54, 1.807) is 0 Å². The Morgan fingerprint density at radius 3 is 2.35 bits per heavy atom. The monoisotopic (exact) mass is 431 g/mol. The maximum absolute atomic E-state index is 4.69. The van der Waals surface area contributed by atoms with Crippen LogP contribution in [0.2, 0.25) is 0 Å². The summed E-state index contributed by atoms with van der Waals surface area (Å²) < 4.78 is 7.61. The second-order valence-corrected chi connectivity index (χ2v) is 9.95. The summed E-state index contributed by atoms with van der Waals surface area (Å²) in [6, 6.07) is 22.0. The van der Waals surface area contributed by atoms with Crippen LogP contribution in [-0.2, 0) is 0 Å². The number of aromatic nitrogens is 3. The van der Waals surface area contributed by atoms with Crippen LogP contribution in [0.5, 0.6) is 0 Å². The number of imidazole rings is 1. The van der Waals surface area contributed by atoms with Gasteiger partial charge in [0.2, 0.25) is 0 Å². The molecule has 0 saturated carbocycles. The van der Waals surface area contributed by atoms with E-state index in [9.17, 15) is 0 Å². The van der Waals surface area contributed by atoms with Crippen LogP contribution in [0.1, 0.15) is 0 Å². The van der Waals surface area contributed by atoms with Gasteiger partial charge in [0.15, 0.2) is 5.65 Å². The quantitative estimate of drug-likeness (QED) is 0.230. The van der Waals surface area contributed by atoms with E-state index >= 15 is 0 Å². The van der Waals surface area contributed by atoms with Crippen LogP contribution >= 0.6 is 22.7 Å². The summed E-state index contributed by atoms with van der Waals surface area (Å²) in [4.78, 5) is 9.29. The van der Waals surface area contributed by atoms with E-state index in [4.69, 9.17) is 4.98 Å². The lowest BCUT2D eigenvalue weighted by Gasteiger charge is -2.08. The lowest BCUT2D eigenvalue weighted by molar-refractivity contribution is 1.26. The zero-order valence-corrected chi connectivity index (χ0v) is 17.8. The molecule has 0 fully saturated rings. The summed E-state index contributed by atoms with van der Waals surface area (Å²) in [6.45, 7) is 0. The maximum atomic E-state index is 4.69. The summed E-state index contributed by atoms with van der Waals surface area (Å²) in [5.74, 6) is 0. The van der Waals surface area contributed by atoms with Gasteiger partial charge in [0, 0.05) is 60.3 Å². The molecule has 0 aliphatic carbocycles. The molecule has 0 amide bonds. The zero-order chi connectivity index (χ0) is 20.1. The molecule has 31 heavy (non-hydrogen) atoms. The first kappa shape index (κ1) is 16.2. The second-order valence-electron chi connectivity index (χ2n) is 7.88. The Morgan fingerprint density at radius 2 is 1.39 bits per heavy atom. The van der Waals surface area contributed by atoms with Crippen molar-refractivity contribution in [2.75, 3.05) is 0 Å². The second kappa shape index (κ2) is 5.58. The molecule has 144 valence electrons. The summed E-state index contributed by atoms with van der Waals surface area (Å²) in [5.41, 5.74) is 3.05. The normalized spacial score (nSPS) is 12.5. The first-order valence-electron chi connectivity index (χ1n) is 10.2. The molecule has 0 bridgehead atoms. The number of benzene rings is 3. The number of thiophene rings is 2. The molecule has 0 aliphatic rings. The molecule has 0 unspecified atom stereocenters. The fourth-order valence-electron chi connectivity index (χ4n) is 4.99. The number of nitrogens with zero attached hydrogens (tertiary/aromatic N) is 3. The number of fused-ring (bicyclic) bond motifs is 14. The Hall–Kier alpha value is -3.54. The lowest BCUT2D eigenvalue weighted by Crippen LogP contribution is -1.92. The zero-order valence-electron chi connectivity index (χ0n) is 16.2. The van der Waals surface area contributed by atoms with Crippen LogP contribution < -0.4 is 0 Å². The Morgan fingerprint density at radius 1 is 0.613 bits per heavy atom. The molecule has 8 aromatic rings. The largest absolute Gasteiger partial charge is 0.298 e. The molecule has 0 radical (unpaired) electrons. The minimum Gasteiger partial charge on any atom is -0.298 e. The van der Waals surface area contributed by atoms with E-state index in [0.29, 0.717) is 0 Å². The minimum atomic E-state index is 0.912. The third-order valence-electron chi connectivity index (χ3n) is 6.32. The van der Waals surface area contributed by atoms with Crippen LogP contribution in [0.3, 0.4) is 0 Å². The van der Waals surface area contributed by atoms with Crippen molar-refractivity contribution in [1.29, 1.82) is 0 Å². The average Bonchev–Trinajstić information content (AvgIpc) is 3.53. The van der Waals surface area contributed by atoms with E-state index in [1.807, 2.05) is 47.3 Å². The molecule has 8 rings (SSSR count). The van der Waals surface area contributed by atoms with Gasteiger partial charge in [-0.25, -0.2) is 4.98 Å². The van der Waals surface area contributed by atoms with E-state index in [2.05, 4.69) is 64.0 Å². The molecule has 5 heteroatoms. The first-order valence-corrected chi connectivity index (χ1v) is 11.8. The van der Waals surface area contributed by atoms with Crippen molar-refractivity contribution in [1.82, 2.24) is 14.4 Å². The fourth-order valence-corrected chi connectivity index (χ4v) is 7.68. The summed E-state index contributed by atoms with van der Waals surface area (Å²) in [5, 5.41) is 7.79. The van der Waals surface area contributed by atoms with Gasteiger partial charge in [0.1, 0.15) is 5.52 Å². The smallest absolute Gasteiger partial charge is 0.163 e. The first-order chi connectivity index (χ1) is 15.4. The summed E-state index contributed by atoms with van der Waals surface area (Å²) >= 11 is 3.81. The molecule has 3 nitrogen and oxygen atoms in total. The molecule has 0 N–H and O–H groups in total. The molecule has 0 saturated heterocycles. The highest BCUT2D eigenvalue weighted by Crippen LogP contribution is 2.47. The Balaban J connectivity index is 1.66. The van der Waals surface area contributed by atoms with E-state index in [1.165, 1.54) is 56.6 Å². The van der Waals surface area contributed by atoms with E-state index < -0.39 is 0 Å². The van der Waals surface area contributed by atoms with Gasteiger partial charge >= 0.3 is 0 Å². The van der Waals surface area contributed by atoms with Gasteiger partial charge in [0.25, 0.3) is 0 Å². The highest BCUT2D eigenvalue weighted by atomic mass is 32.1. The van der Waals surface area contributed by atoms with Crippen LogP contribution in [-0.4, -0.2) is 14.4 Å². The van der Waals surface area contributed by atoms with Crippen LogP contribution in [0.15, 0.2) is 79.3 Å². The van der Waals surface area contributed by atoms with Crippen molar-refractivity contribution in [3.8, 4) is 0 Å². The van der Waals surface area contributed by atoms with Crippen molar-refractivity contribution in [3.63, 3.8) is 0 Å². The number of hydrogen-bond acceptors (Lipinski definition) is 4. The number of pyridine rings is 2. The highest BCUT2D eigenvalue weighted by molar-refractivity contribution is 7.34. The van der Waals surface area contributed by atoms with Gasteiger partial charge in [-0.15, -0.1) is 22.7 Å². The molecular weight excluding hydrogens is 418 g/mol. The summed E-state index contributed by atoms with van der Waals surface area (Å²) in [6.07, 6.45) is 5.75. The average molecular weight is 432 g/mol. The van der Waals surface area contributed by atoms with Crippen molar-refractivity contribution in [3.05, 3.63) is 79.3 Å². The standard InChI is InChI=1S/C26H13N3S2/c1-2-6-20-14(4-1)15-7-8-17-16-9-10-19-21(23(16)31-25(17)24(15)30-20)18-5-3-11-27-22(18)26-28-12-13-29(19)26/h1-13H. The Bertz CT molecular complexity index is 2010. The highest BCUT2D eigenvalue weighted by Gasteiger charge is 2.17. The fraction of sp³-hybridized carbons (Fsp3) is 0. The van der Waals surface area contributed by atoms with Gasteiger partial charge in [-0.1, -0.05) is 42.5 Å². The minimum absolute atomic E-state index is 0.912. The predicted molar refractivity (Wildman–Crippen MR) is 134 cm³/mol. The topological polar surface area (TPSA) is 30.2 Å². The number of rotatable bonds is 0. The molecule has 0 aliphatic heterocycles. The number of hydrogen-bond donors (Lipinski definition) is 0. The van der Waals surface area contributed by atoms with Gasteiger partial charge in [-0.3, -0.25) is 9.38 Å². The molecule has 5 heterocycles. The van der Waals surface area contributed by atoms with Gasteiger partial charge in [-0.05, 0) is 18.2 Å². The van der Waals surface area contributed by atoms with Gasteiger partial charge in [0.05, 0.1) is 14.9 Å². The molecule has 3 aromatic carbocycles. The van der Waals surface area contributed by atoms with Crippen molar-refractivity contribution in [2.45, 2.75) is 0 Å². The Labute approximate surface area is 183 Å². The summed E-state index contributed by atoms with van der Waals surface area (Å²) in [7, 11) is 0. The van der Waals surface area contributed by atoms with Crippen molar-refractivity contribution < 1.29 is 0 Å². The van der Waals surface area contributed by atoms with Gasteiger partial charge in [-0.2, -0.15) is 0 Å². The van der Waals surface area contributed by atoms with Crippen LogP contribution in [0.25, 0.3) is 67.8 Å². The van der Waals surface area contributed by atoms with Gasteiger partial charge < -0.3 is 0 Å². The van der Waals surface area contributed by atoms with Crippen LogP contribution in [0, 0.1) is 0 Å². The molecule has 0 spiro atoms.